The van der Waals surface area contributed by atoms with Crippen LogP contribution >= 0.6 is 0 Å². The van der Waals surface area contributed by atoms with Gasteiger partial charge in [-0.05, 0) is 36.8 Å². The first-order valence-electron chi connectivity index (χ1n) is 10.2. The number of fused-ring (bicyclic) bond motifs is 1. The first-order valence-corrected chi connectivity index (χ1v) is 10.2. The predicted octanol–water partition coefficient (Wildman–Crippen LogP) is 2.82. The lowest BCUT2D eigenvalue weighted by Gasteiger charge is -2.41. The maximum atomic E-state index is 15.0. The molecule has 0 bridgehead atoms. The van der Waals surface area contributed by atoms with Gasteiger partial charge in [0.05, 0.1) is 30.9 Å². The number of amidine groups is 1. The van der Waals surface area contributed by atoms with Crippen LogP contribution in [0.1, 0.15) is 40.5 Å². The highest BCUT2D eigenvalue weighted by molar-refractivity contribution is 5.95. The molecule has 0 amide bonds. The average Bonchev–Trinajstić information content (AvgIpc) is 3.18. The number of nitrogens with two attached hydrogens (primary N) is 1. The molecule has 4 rings (SSSR count). The number of halogens is 2. The number of benzene rings is 1. The molecule has 2 aromatic rings. The molecule has 7 nitrogen and oxygen atoms in total. The Kier molecular flexibility index (Phi) is 5.89. The van der Waals surface area contributed by atoms with Crippen LogP contribution < -0.4 is 5.73 Å². The zero-order valence-corrected chi connectivity index (χ0v) is 17.4. The van der Waals surface area contributed by atoms with Gasteiger partial charge < -0.3 is 15.2 Å². The van der Waals surface area contributed by atoms with Gasteiger partial charge in [-0.2, -0.15) is 5.26 Å². The second-order valence-corrected chi connectivity index (χ2v) is 8.09. The summed E-state index contributed by atoms with van der Waals surface area (Å²) in [5.41, 5.74) is 6.10. The lowest BCUT2D eigenvalue weighted by Crippen LogP contribution is -2.49. The predicted molar refractivity (Wildman–Crippen MR) is 111 cm³/mol. The van der Waals surface area contributed by atoms with Gasteiger partial charge in [0.25, 0.3) is 6.02 Å². The number of ketones is 1. The Morgan fingerprint density at radius 1 is 1.38 bits per heavy atom. The summed E-state index contributed by atoms with van der Waals surface area (Å²) in [6.07, 6.45) is 0.478. The summed E-state index contributed by atoms with van der Waals surface area (Å²) in [5.74, 6) is -1.22. The monoisotopic (exact) mass is 440 g/mol. The summed E-state index contributed by atoms with van der Waals surface area (Å²) in [5, 5.41) is 8.87. The SMILES string of the molecule is C[C@]1(c2cc(CC(=O)c3ccc(C#N)cn3)ccc2F)N=C(N)O[C@@H]2CO[C@@H](CCF)[C@@H]21. The third-order valence-corrected chi connectivity index (χ3v) is 6.05. The van der Waals surface area contributed by atoms with Crippen molar-refractivity contribution in [1.29, 1.82) is 5.26 Å². The number of alkyl halides is 1. The van der Waals surface area contributed by atoms with Crippen LogP contribution in [-0.2, 0) is 21.4 Å². The van der Waals surface area contributed by atoms with Crippen molar-refractivity contribution in [1.82, 2.24) is 4.98 Å². The second-order valence-electron chi connectivity index (χ2n) is 8.09. The van der Waals surface area contributed by atoms with Gasteiger partial charge in [-0.15, -0.1) is 0 Å². The standard InChI is InChI=1S/C23H22F2N4O3/c1-23(21-19(6-7-24)31-12-20(21)32-22(27)29-23)15-8-13(2-4-16(15)25)9-18(30)17-5-3-14(10-26)11-28-17/h2-5,8,11,19-21H,6-7,9,12H2,1H3,(H2,27,29)/t19-,20+,21-,23+/m0/s1. The number of aliphatic imine (C=N–C) groups is 1. The molecule has 0 spiro atoms. The van der Waals surface area contributed by atoms with Crippen molar-refractivity contribution < 1.29 is 23.0 Å². The van der Waals surface area contributed by atoms with Crippen molar-refractivity contribution >= 4 is 11.8 Å². The average molecular weight is 440 g/mol. The summed E-state index contributed by atoms with van der Waals surface area (Å²) in [6.45, 7) is 1.36. The fourth-order valence-corrected chi connectivity index (χ4v) is 4.56. The molecule has 0 unspecified atom stereocenters. The maximum Gasteiger partial charge on any atom is 0.283 e. The topological polar surface area (TPSA) is 111 Å². The highest BCUT2D eigenvalue weighted by Crippen LogP contribution is 2.47. The van der Waals surface area contributed by atoms with E-state index in [1.807, 2.05) is 6.07 Å². The Balaban J connectivity index is 1.67. The van der Waals surface area contributed by atoms with Crippen molar-refractivity contribution in [2.45, 2.75) is 37.5 Å². The minimum absolute atomic E-state index is 0.0174. The van der Waals surface area contributed by atoms with Crippen molar-refractivity contribution in [3.63, 3.8) is 0 Å². The van der Waals surface area contributed by atoms with E-state index in [9.17, 15) is 9.18 Å². The minimum atomic E-state index is -1.15. The molecule has 0 saturated carbocycles. The van der Waals surface area contributed by atoms with Gasteiger partial charge in [0, 0.05) is 24.6 Å². The van der Waals surface area contributed by atoms with E-state index in [1.165, 1.54) is 30.5 Å². The number of Topliss-reactive ketones (excluding diaryl/α,β-unsaturated/α-hetero) is 1. The van der Waals surface area contributed by atoms with Crippen LogP contribution in [0.3, 0.4) is 0 Å². The van der Waals surface area contributed by atoms with Crippen molar-refractivity contribution in [2.24, 2.45) is 16.6 Å². The lowest BCUT2D eigenvalue weighted by atomic mass is 9.73. The van der Waals surface area contributed by atoms with Gasteiger partial charge in [0.2, 0.25) is 0 Å². The quantitative estimate of drug-likeness (QED) is 0.692. The first-order chi connectivity index (χ1) is 15.4. The van der Waals surface area contributed by atoms with E-state index in [0.29, 0.717) is 11.1 Å². The number of carbonyl (C=O) groups excluding carboxylic acids is 1. The van der Waals surface area contributed by atoms with E-state index in [-0.39, 0.29) is 42.5 Å². The number of hydrogen-bond acceptors (Lipinski definition) is 7. The summed E-state index contributed by atoms with van der Waals surface area (Å²) in [6, 6.07) is 9.26. The number of hydrogen-bond donors (Lipinski definition) is 1. The zero-order valence-electron chi connectivity index (χ0n) is 17.4. The smallest absolute Gasteiger partial charge is 0.283 e. The molecule has 1 fully saturated rings. The van der Waals surface area contributed by atoms with Crippen LogP contribution in [0.5, 0.6) is 0 Å². The van der Waals surface area contributed by atoms with Gasteiger partial charge in [-0.3, -0.25) is 14.2 Å². The van der Waals surface area contributed by atoms with E-state index in [4.69, 9.17) is 20.5 Å². The van der Waals surface area contributed by atoms with Crippen LogP contribution in [0.4, 0.5) is 8.78 Å². The van der Waals surface area contributed by atoms with Crippen LogP contribution in [0, 0.1) is 23.1 Å². The van der Waals surface area contributed by atoms with Crippen molar-refractivity contribution in [2.75, 3.05) is 13.3 Å². The molecule has 1 aromatic carbocycles. The number of ether oxygens (including phenoxy) is 2. The van der Waals surface area contributed by atoms with Crippen molar-refractivity contribution in [3.8, 4) is 6.07 Å². The fraction of sp³-hybridized carbons (Fsp3) is 0.391. The third-order valence-electron chi connectivity index (χ3n) is 6.05. The molecule has 0 aliphatic carbocycles. The molecule has 2 N–H and O–H groups in total. The molecular weight excluding hydrogens is 418 g/mol. The van der Waals surface area contributed by atoms with E-state index >= 15 is 4.39 Å². The number of pyridine rings is 1. The van der Waals surface area contributed by atoms with Gasteiger partial charge in [0.15, 0.2) is 5.78 Å². The Bertz CT molecular complexity index is 1100. The van der Waals surface area contributed by atoms with Gasteiger partial charge in [0.1, 0.15) is 29.2 Å². The highest BCUT2D eigenvalue weighted by atomic mass is 19.1. The van der Waals surface area contributed by atoms with E-state index in [1.54, 1.807) is 13.0 Å². The van der Waals surface area contributed by atoms with Crippen LogP contribution in [0.25, 0.3) is 0 Å². The molecule has 2 aliphatic rings. The first kappa shape index (κ1) is 21.8. The van der Waals surface area contributed by atoms with Crippen LogP contribution in [-0.4, -0.2) is 42.3 Å². The lowest BCUT2D eigenvalue weighted by molar-refractivity contribution is 0.0469. The summed E-state index contributed by atoms with van der Waals surface area (Å²) < 4.78 is 39.5. The summed E-state index contributed by atoms with van der Waals surface area (Å²) >= 11 is 0. The fourth-order valence-electron chi connectivity index (χ4n) is 4.56. The molecule has 166 valence electrons. The summed E-state index contributed by atoms with van der Waals surface area (Å²) in [4.78, 5) is 21.1. The van der Waals surface area contributed by atoms with Gasteiger partial charge in [-0.25, -0.2) is 9.38 Å². The van der Waals surface area contributed by atoms with Gasteiger partial charge >= 0.3 is 0 Å². The molecule has 1 aromatic heterocycles. The number of rotatable bonds is 6. The highest BCUT2D eigenvalue weighted by Gasteiger charge is 2.54. The van der Waals surface area contributed by atoms with E-state index < -0.39 is 36.2 Å². The molecule has 9 heteroatoms. The largest absolute Gasteiger partial charge is 0.459 e. The van der Waals surface area contributed by atoms with E-state index in [0.717, 1.165) is 0 Å². The number of nitriles is 1. The number of carbonyl (C=O) groups is 1. The minimum Gasteiger partial charge on any atom is -0.459 e. The van der Waals surface area contributed by atoms with Gasteiger partial charge in [-0.1, -0.05) is 6.07 Å². The van der Waals surface area contributed by atoms with Crippen LogP contribution in [0.15, 0.2) is 41.5 Å². The Morgan fingerprint density at radius 3 is 2.88 bits per heavy atom. The molecule has 0 radical (unpaired) electrons. The number of aromatic nitrogens is 1. The molecule has 1 saturated heterocycles. The molecular formula is C23H22F2N4O3. The Hall–Kier alpha value is -3.38. The van der Waals surface area contributed by atoms with Crippen molar-refractivity contribution in [3.05, 3.63) is 64.7 Å². The van der Waals surface area contributed by atoms with E-state index in [2.05, 4.69) is 9.98 Å². The summed E-state index contributed by atoms with van der Waals surface area (Å²) in [7, 11) is 0. The maximum absolute atomic E-state index is 15.0. The third kappa shape index (κ3) is 3.94. The molecule has 4 atom stereocenters. The van der Waals surface area contributed by atoms with Crippen LogP contribution in [0.2, 0.25) is 0 Å². The molecule has 32 heavy (non-hydrogen) atoms. The second kappa shape index (κ2) is 8.63. The number of nitrogens with zero attached hydrogens (tertiary/aromatic N) is 3. The zero-order chi connectivity index (χ0) is 22.9. The normalized spacial score (nSPS) is 26.6. The Labute approximate surface area is 183 Å². The molecule has 3 heterocycles. The molecule has 2 aliphatic heterocycles. The Morgan fingerprint density at radius 2 is 2.19 bits per heavy atom.